The number of alkyl halides is 3. The Hall–Kier alpha value is -3.37. The van der Waals surface area contributed by atoms with E-state index in [1.807, 2.05) is 6.07 Å². The molecular formula is C21H13ClF3N3O. The third-order valence-corrected chi connectivity index (χ3v) is 4.50. The first-order valence-corrected chi connectivity index (χ1v) is 8.75. The number of nitriles is 1. The van der Waals surface area contributed by atoms with Gasteiger partial charge in [-0.3, -0.25) is 9.78 Å². The predicted octanol–water partition coefficient (Wildman–Crippen LogP) is 5.22. The molecule has 0 bridgehead atoms. The Balaban J connectivity index is 1.77. The lowest BCUT2D eigenvalue weighted by Gasteiger charge is -2.10. The van der Waals surface area contributed by atoms with Gasteiger partial charge < -0.3 is 5.32 Å². The number of nitrogens with zero attached hydrogens (tertiary/aromatic N) is 2. The van der Waals surface area contributed by atoms with E-state index in [-0.39, 0.29) is 12.1 Å². The van der Waals surface area contributed by atoms with Gasteiger partial charge in [-0.15, -0.1) is 0 Å². The van der Waals surface area contributed by atoms with Crippen molar-refractivity contribution in [2.24, 2.45) is 0 Å². The summed E-state index contributed by atoms with van der Waals surface area (Å²) in [7, 11) is 0. The van der Waals surface area contributed by atoms with Gasteiger partial charge in [0.1, 0.15) is 0 Å². The molecule has 3 aromatic rings. The molecule has 0 aliphatic heterocycles. The quantitative estimate of drug-likeness (QED) is 0.635. The summed E-state index contributed by atoms with van der Waals surface area (Å²) in [6, 6.07) is 13.0. The first-order chi connectivity index (χ1) is 13.8. The maximum atomic E-state index is 12.9. The minimum absolute atomic E-state index is 0.122. The van der Waals surface area contributed by atoms with Gasteiger partial charge >= 0.3 is 6.18 Å². The van der Waals surface area contributed by atoms with Crippen LogP contribution in [-0.2, 0) is 12.7 Å². The molecule has 0 radical (unpaired) electrons. The largest absolute Gasteiger partial charge is 0.416 e. The van der Waals surface area contributed by atoms with Gasteiger partial charge in [0.2, 0.25) is 0 Å². The lowest BCUT2D eigenvalue weighted by atomic mass is 10.0. The highest BCUT2D eigenvalue weighted by Gasteiger charge is 2.30. The highest BCUT2D eigenvalue weighted by molar-refractivity contribution is 6.31. The van der Waals surface area contributed by atoms with E-state index in [0.717, 1.165) is 12.1 Å². The van der Waals surface area contributed by atoms with Crippen molar-refractivity contribution in [1.29, 1.82) is 5.26 Å². The summed E-state index contributed by atoms with van der Waals surface area (Å²) in [6.07, 6.45) is -1.74. The molecule has 2 aromatic carbocycles. The minimum Gasteiger partial charge on any atom is -0.348 e. The molecule has 0 unspecified atom stereocenters. The van der Waals surface area contributed by atoms with Gasteiger partial charge in [0, 0.05) is 29.5 Å². The van der Waals surface area contributed by atoms with Crippen LogP contribution in [0.25, 0.3) is 11.1 Å². The van der Waals surface area contributed by atoms with Crippen molar-refractivity contribution >= 4 is 17.5 Å². The molecular weight excluding hydrogens is 403 g/mol. The van der Waals surface area contributed by atoms with Crippen molar-refractivity contribution in [3.05, 3.63) is 88.2 Å². The zero-order chi connectivity index (χ0) is 21.0. The smallest absolute Gasteiger partial charge is 0.348 e. The zero-order valence-electron chi connectivity index (χ0n) is 14.8. The van der Waals surface area contributed by atoms with Crippen LogP contribution >= 0.6 is 11.6 Å². The summed E-state index contributed by atoms with van der Waals surface area (Å²) in [5.74, 6) is -0.452. The van der Waals surface area contributed by atoms with Crippen LogP contribution in [0.5, 0.6) is 0 Å². The number of hydrogen-bond donors (Lipinski definition) is 1. The maximum absolute atomic E-state index is 12.9. The molecule has 146 valence electrons. The van der Waals surface area contributed by atoms with Crippen LogP contribution in [0.15, 0.2) is 60.9 Å². The number of benzene rings is 2. The topological polar surface area (TPSA) is 65.8 Å². The fourth-order valence-corrected chi connectivity index (χ4v) is 2.88. The van der Waals surface area contributed by atoms with Crippen molar-refractivity contribution < 1.29 is 18.0 Å². The number of halogens is 4. The molecule has 1 N–H and O–H groups in total. The van der Waals surface area contributed by atoms with Crippen LogP contribution in [0, 0.1) is 11.3 Å². The van der Waals surface area contributed by atoms with Crippen molar-refractivity contribution in [3.63, 3.8) is 0 Å². The molecule has 0 atom stereocenters. The fourth-order valence-electron chi connectivity index (χ4n) is 2.63. The monoisotopic (exact) mass is 415 g/mol. The Morgan fingerprint density at radius 2 is 1.90 bits per heavy atom. The molecule has 1 heterocycles. The number of pyridine rings is 1. The van der Waals surface area contributed by atoms with Gasteiger partial charge in [-0.05, 0) is 41.5 Å². The van der Waals surface area contributed by atoms with Crippen LogP contribution in [-0.4, -0.2) is 10.9 Å². The van der Waals surface area contributed by atoms with Crippen molar-refractivity contribution in [3.8, 4) is 17.2 Å². The molecule has 0 aliphatic rings. The van der Waals surface area contributed by atoms with E-state index in [4.69, 9.17) is 16.9 Å². The summed E-state index contributed by atoms with van der Waals surface area (Å²) in [5, 5.41) is 11.9. The Morgan fingerprint density at radius 3 is 2.59 bits per heavy atom. The Bertz CT molecular complexity index is 1110. The average Bonchev–Trinajstić information content (AvgIpc) is 2.72. The number of hydrogen-bond acceptors (Lipinski definition) is 3. The predicted molar refractivity (Wildman–Crippen MR) is 102 cm³/mol. The first kappa shape index (κ1) is 20.4. The van der Waals surface area contributed by atoms with Crippen LogP contribution < -0.4 is 5.32 Å². The SMILES string of the molecule is N#Cc1ccc(CNC(=O)c2cncc(-c3cccc(C(F)(F)F)c3)c2)c(Cl)c1. The number of carbonyl (C=O) groups is 1. The summed E-state index contributed by atoms with van der Waals surface area (Å²) >= 11 is 6.09. The van der Waals surface area contributed by atoms with Gasteiger partial charge in [-0.25, -0.2) is 0 Å². The fraction of sp³-hybridized carbons (Fsp3) is 0.0952. The van der Waals surface area contributed by atoms with Gasteiger partial charge in [0.15, 0.2) is 0 Å². The lowest BCUT2D eigenvalue weighted by Crippen LogP contribution is -2.23. The van der Waals surface area contributed by atoms with E-state index in [0.29, 0.717) is 27.3 Å². The Kier molecular flexibility index (Phi) is 5.85. The average molecular weight is 416 g/mol. The summed E-state index contributed by atoms with van der Waals surface area (Å²) < 4.78 is 38.8. The molecule has 0 spiro atoms. The molecule has 0 aliphatic carbocycles. The van der Waals surface area contributed by atoms with Crippen molar-refractivity contribution in [1.82, 2.24) is 10.3 Å². The second-order valence-corrected chi connectivity index (χ2v) is 6.55. The highest BCUT2D eigenvalue weighted by atomic mass is 35.5. The number of rotatable bonds is 4. The van der Waals surface area contributed by atoms with Crippen molar-refractivity contribution in [2.45, 2.75) is 12.7 Å². The second-order valence-electron chi connectivity index (χ2n) is 6.14. The summed E-state index contributed by atoms with van der Waals surface area (Å²) in [5.41, 5.74) is 1.14. The van der Waals surface area contributed by atoms with E-state index in [1.165, 1.54) is 36.7 Å². The van der Waals surface area contributed by atoms with E-state index in [1.54, 1.807) is 12.1 Å². The van der Waals surface area contributed by atoms with Crippen LogP contribution in [0.4, 0.5) is 13.2 Å². The van der Waals surface area contributed by atoms with E-state index in [9.17, 15) is 18.0 Å². The van der Waals surface area contributed by atoms with Crippen molar-refractivity contribution in [2.75, 3.05) is 0 Å². The molecule has 0 saturated heterocycles. The molecule has 3 rings (SSSR count). The number of nitrogens with one attached hydrogen (secondary N) is 1. The molecule has 4 nitrogen and oxygen atoms in total. The standard InChI is InChI=1S/C21H13ClF3N3O/c22-19-6-13(9-26)4-5-15(19)12-28-20(29)17-7-16(10-27-11-17)14-2-1-3-18(8-14)21(23,24)25/h1-8,10-11H,12H2,(H,28,29). The van der Waals surface area contributed by atoms with Crippen LogP contribution in [0.3, 0.4) is 0 Å². The Morgan fingerprint density at radius 1 is 1.10 bits per heavy atom. The molecule has 29 heavy (non-hydrogen) atoms. The van der Waals surface area contributed by atoms with Crippen LogP contribution in [0.2, 0.25) is 5.02 Å². The first-order valence-electron chi connectivity index (χ1n) is 8.37. The highest BCUT2D eigenvalue weighted by Crippen LogP contribution is 2.32. The summed E-state index contributed by atoms with van der Waals surface area (Å²) in [4.78, 5) is 16.4. The van der Waals surface area contributed by atoms with Gasteiger partial charge in [0.25, 0.3) is 5.91 Å². The maximum Gasteiger partial charge on any atom is 0.416 e. The third kappa shape index (κ3) is 4.92. The van der Waals surface area contributed by atoms with Crippen LogP contribution in [0.1, 0.15) is 27.0 Å². The zero-order valence-corrected chi connectivity index (χ0v) is 15.6. The van der Waals surface area contributed by atoms with E-state index >= 15 is 0 Å². The Labute approximate surface area is 169 Å². The van der Waals surface area contributed by atoms with Gasteiger partial charge in [-0.2, -0.15) is 18.4 Å². The molecule has 1 aromatic heterocycles. The molecule has 0 fully saturated rings. The third-order valence-electron chi connectivity index (χ3n) is 4.15. The summed E-state index contributed by atoms with van der Waals surface area (Å²) in [6.45, 7) is 0.122. The van der Waals surface area contributed by atoms with E-state index in [2.05, 4.69) is 10.3 Å². The second kappa shape index (κ2) is 8.33. The number of amides is 1. The minimum atomic E-state index is -4.46. The molecule has 8 heteroatoms. The van der Waals surface area contributed by atoms with Gasteiger partial charge in [0.05, 0.1) is 22.8 Å². The molecule has 1 amide bonds. The number of aromatic nitrogens is 1. The lowest BCUT2D eigenvalue weighted by molar-refractivity contribution is -0.137. The van der Waals surface area contributed by atoms with E-state index < -0.39 is 17.6 Å². The normalized spacial score (nSPS) is 11.0. The number of carbonyl (C=O) groups excluding carboxylic acids is 1. The van der Waals surface area contributed by atoms with Gasteiger partial charge in [-0.1, -0.05) is 29.8 Å². The molecule has 0 saturated carbocycles.